The van der Waals surface area contributed by atoms with E-state index in [2.05, 4.69) is 32.9 Å². The third-order valence-corrected chi connectivity index (χ3v) is 2.89. The molecular formula is C16H25ClO. The first-order chi connectivity index (χ1) is 8.41. The maximum absolute atomic E-state index is 10.6. The van der Waals surface area contributed by atoms with Gasteiger partial charge in [0.2, 0.25) is 5.24 Å². The second kappa shape index (κ2) is 10.1. The standard InChI is InChI=1S/C16H25ClO/c1-13(2)7-5-8-14(3)9-6-10-15(4)11-12-16(17)18/h7,9,11H,5-6,8,10,12H2,1-4H3. The van der Waals surface area contributed by atoms with Crippen molar-refractivity contribution in [1.82, 2.24) is 0 Å². The highest BCUT2D eigenvalue weighted by Crippen LogP contribution is 2.11. The topological polar surface area (TPSA) is 17.1 Å². The van der Waals surface area contributed by atoms with Gasteiger partial charge in [-0.05, 0) is 65.0 Å². The summed E-state index contributed by atoms with van der Waals surface area (Å²) < 4.78 is 0. The highest BCUT2D eigenvalue weighted by Gasteiger charge is 1.94. The summed E-state index contributed by atoms with van der Waals surface area (Å²) in [4.78, 5) is 10.6. The van der Waals surface area contributed by atoms with Gasteiger partial charge in [-0.2, -0.15) is 0 Å². The van der Waals surface area contributed by atoms with Crippen molar-refractivity contribution in [3.05, 3.63) is 34.9 Å². The molecule has 0 bridgehead atoms. The molecule has 0 aliphatic rings. The molecule has 0 amide bonds. The molecule has 0 saturated heterocycles. The summed E-state index contributed by atoms with van der Waals surface area (Å²) in [5.74, 6) is 0. The van der Waals surface area contributed by atoms with E-state index in [4.69, 9.17) is 11.6 Å². The van der Waals surface area contributed by atoms with Crippen LogP contribution in [0.2, 0.25) is 0 Å². The molecule has 0 radical (unpaired) electrons. The zero-order valence-electron chi connectivity index (χ0n) is 12.1. The Morgan fingerprint density at radius 3 is 1.89 bits per heavy atom. The molecule has 0 heterocycles. The minimum absolute atomic E-state index is 0.289. The number of carbonyl (C=O) groups excluding carboxylic acids is 1. The van der Waals surface area contributed by atoms with Crippen LogP contribution in [0.4, 0.5) is 0 Å². The van der Waals surface area contributed by atoms with Crippen molar-refractivity contribution in [2.24, 2.45) is 0 Å². The predicted molar refractivity (Wildman–Crippen MR) is 80.9 cm³/mol. The van der Waals surface area contributed by atoms with Gasteiger partial charge in [-0.25, -0.2) is 0 Å². The number of halogens is 1. The van der Waals surface area contributed by atoms with Gasteiger partial charge in [0.1, 0.15) is 0 Å². The van der Waals surface area contributed by atoms with Gasteiger partial charge in [0, 0.05) is 6.42 Å². The highest BCUT2D eigenvalue weighted by atomic mass is 35.5. The van der Waals surface area contributed by atoms with Gasteiger partial charge in [0.25, 0.3) is 0 Å². The third kappa shape index (κ3) is 11.7. The molecule has 0 saturated carbocycles. The van der Waals surface area contributed by atoms with E-state index in [0.29, 0.717) is 6.42 Å². The van der Waals surface area contributed by atoms with Crippen molar-refractivity contribution in [2.75, 3.05) is 0 Å². The minimum Gasteiger partial charge on any atom is -0.281 e. The summed E-state index contributed by atoms with van der Waals surface area (Å²) >= 11 is 5.29. The van der Waals surface area contributed by atoms with Gasteiger partial charge in [0.05, 0.1) is 0 Å². The van der Waals surface area contributed by atoms with Gasteiger partial charge in [-0.1, -0.05) is 34.9 Å². The van der Waals surface area contributed by atoms with E-state index in [1.54, 1.807) is 0 Å². The van der Waals surface area contributed by atoms with E-state index in [0.717, 1.165) is 25.7 Å². The lowest BCUT2D eigenvalue weighted by molar-refractivity contribution is -0.110. The largest absolute Gasteiger partial charge is 0.281 e. The van der Waals surface area contributed by atoms with Crippen LogP contribution in [0.25, 0.3) is 0 Å². The van der Waals surface area contributed by atoms with Crippen LogP contribution in [0.15, 0.2) is 34.9 Å². The van der Waals surface area contributed by atoms with Crippen LogP contribution in [0.1, 0.15) is 59.8 Å². The Morgan fingerprint density at radius 1 is 0.889 bits per heavy atom. The molecule has 0 aliphatic carbocycles. The quantitative estimate of drug-likeness (QED) is 0.416. The van der Waals surface area contributed by atoms with Crippen molar-refractivity contribution in [3.8, 4) is 0 Å². The molecule has 0 unspecified atom stereocenters. The number of allylic oxidation sites excluding steroid dienone is 6. The summed E-state index contributed by atoms with van der Waals surface area (Å²) in [6.45, 7) is 8.49. The summed E-state index contributed by atoms with van der Waals surface area (Å²) in [7, 11) is 0. The van der Waals surface area contributed by atoms with Crippen LogP contribution >= 0.6 is 11.6 Å². The molecule has 102 valence electrons. The molecule has 0 aromatic carbocycles. The molecular weight excluding hydrogens is 244 g/mol. The van der Waals surface area contributed by atoms with E-state index in [-0.39, 0.29) is 5.24 Å². The number of hydrogen-bond acceptors (Lipinski definition) is 1. The molecule has 0 fully saturated rings. The van der Waals surface area contributed by atoms with E-state index in [1.165, 1.54) is 16.7 Å². The predicted octanol–water partition coefficient (Wildman–Crippen LogP) is 5.56. The molecule has 0 aliphatic heterocycles. The summed E-state index contributed by atoms with van der Waals surface area (Å²) in [5.41, 5.74) is 4.05. The molecule has 18 heavy (non-hydrogen) atoms. The maximum Gasteiger partial charge on any atom is 0.225 e. The summed E-state index contributed by atoms with van der Waals surface area (Å²) in [6, 6.07) is 0. The van der Waals surface area contributed by atoms with E-state index in [1.807, 2.05) is 13.0 Å². The fraction of sp³-hybridized carbons (Fsp3) is 0.562. The lowest BCUT2D eigenvalue weighted by Gasteiger charge is -2.01. The van der Waals surface area contributed by atoms with Crippen LogP contribution in [0.5, 0.6) is 0 Å². The average molecular weight is 269 g/mol. The molecule has 0 rings (SSSR count). The second-order valence-electron chi connectivity index (χ2n) is 5.02. The minimum atomic E-state index is -0.289. The second-order valence-corrected chi connectivity index (χ2v) is 5.44. The normalized spacial score (nSPS) is 12.5. The Labute approximate surface area is 117 Å². The molecule has 0 aromatic heterocycles. The number of hydrogen-bond donors (Lipinski definition) is 0. The van der Waals surface area contributed by atoms with Crippen LogP contribution < -0.4 is 0 Å². The first kappa shape index (κ1) is 17.2. The lowest BCUT2D eigenvalue weighted by atomic mass is 10.1. The fourth-order valence-corrected chi connectivity index (χ4v) is 1.67. The van der Waals surface area contributed by atoms with E-state index >= 15 is 0 Å². The lowest BCUT2D eigenvalue weighted by Crippen LogP contribution is -1.84. The Kier molecular flexibility index (Phi) is 9.67. The Balaban J connectivity index is 3.89. The third-order valence-electron chi connectivity index (χ3n) is 2.73. The van der Waals surface area contributed by atoms with Crippen LogP contribution in [0.3, 0.4) is 0 Å². The van der Waals surface area contributed by atoms with Crippen molar-refractivity contribution >= 4 is 16.8 Å². The van der Waals surface area contributed by atoms with E-state index in [9.17, 15) is 4.79 Å². The van der Waals surface area contributed by atoms with Crippen LogP contribution in [-0.4, -0.2) is 5.24 Å². The zero-order valence-corrected chi connectivity index (χ0v) is 12.8. The van der Waals surface area contributed by atoms with Gasteiger partial charge in [0.15, 0.2) is 0 Å². The molecule has 0 spiro atoms. The fourth-order valence-electron chi connectivity index (χ4n) is 1.59. The molecule has 2 heteroatoms. The molecule has 0 aromatic rings. The zero-order chi connectivity index (χ0) is 14.0. The van der Waals surface area contributed by atoms with Gasteiger partial charge < -0.3 is 0 Å². The van der Waals surface area contributed by atoms with Gasteiger partial charge in [-0.3, -0.25) is 4.79 Å². The number of carbonyl (C=O) groups is 1. The summed E-state index contributed by atoms with van der Waals surface area (Å²) in [5, 5.41) is -0.289. The molecule has 0 N–H and O–H groups in total. The highest BCUT2D eigenvalue weighted by molar-refractivity contribution is 6.63. The van der Waals surface area contributed by atoms with Crippen molar-refractivity contribution in [2.45, 2.75) is 59.8 Å². The SMILES string of the molecule is CC(C)=CCCC(C)=CCCC(C)=CCC(=O)Cl. The van der Waals surface area contributed by atoms with Crippen molar-refractivity contribution in [3.63, 3.8) is 0 Å². The van der Waals surface area contributed by atoms with Crippen LogP contribution in [-0.2, 0) is 4.79 Å². The monoisotopic (exact) mass is 268 g/mol. The summed E-state index contributed by atoms with van der Waals surface area (Å²) in [6.07, 6.45) is 11.1. The molecule has 0 atom stereocenters. The van der Waals surface area contributed by atoms with Crippen molar-refractivity contribution in [1.29, 1.82) is 0 Å². The first-order valence-electron chi connectivity index (χ1n) is 6.54. The Bertz CT molecular complexity index is 344. The van der Waals surface area contributed by atoms with Gasteiger partial charge >= 0.3 is 0 Å². The van der Waals surface area contributed by atoms with Crippen molar-refractivity contribution < 1.29 is 4.79 Å². The number of rotatable bonds is 8. The maximum atomic E-state index is 10.6. The smallest absolute Gasteiger partial charge is 0.225 e. The average Bonchev–Trinajstić information content (AvgIpc) is 2.25. The Hall–Kier alpha value is -0.820. The Morgan fingerprint density at radius 2 is 1.39 bits per heavy atom. The van der Waals surface area contributed by atoms with E-state index < -0.39 is 0 Å². The first-order valence-corrected chi connectivity index (χ1v) is 6.92. The van der Waals surface area contributed by atoms with Crippen LogP contribution in [0, 0.1) is 0 Å². The molecule has 1 nitrogen and oxygen atoms in total. The van der Waals surface area contributed by atoms with Gasteiger partial charge in [-0.15, -0.1) is 0 Å².